The SMILES string of the molecule is Cc1ncccc1-c1cccc2c(NC(=O)Nc3ccc4nccc(N5CCN(C)CC5)c4c3)cccc12.Cl. The van der Waals surface area contributed by atoms with Crippen molar-refractivity contribution in [2.45, 2.75) is 6.92 Å². The number of pyridine rings is 2. The van der Waals surface area contributed by atoms with Crippen LogP contribution in [0.3, 0.4) is 0 Å². The Morgan fingerprint density at radius 1 is 0.769 bits per heavy atom. The molecular weight excluding hydrogens is 508 g/mol. The lowest BCUT2D eigenvalue weighted by Gasteiger charge is -2.34. The van der Waals surface area contributed by atoms with Gasteiger partial charge in [-0.15, -0.1) is 12.4 Å². The van der Waals surface area contributed by atoms with E-state index in [1.54, 1.807) is 6.20 Å². The number of nitrogens with zero attached hydrogens (tertiary/aromatic N) is 4. The van der Waals surface area contributed by atoms with Crippen molar-refractivity contribution in [2.24, 2.45) is 0 Å². The molecule has 8 heteroatoms. The Bertz CT molecular complexity index is 1650. The van der Waals surface area contributed by atoms with Gasteiger partial charge >= 0.3 is 6.03 Å². The van der Waals surface area contributed by atoms with Crippen molar-refractivity contribution in [3.8, 4) is 11.1 Å². The van der Waals surface area contributed by atoms with Crippen LogP contribution in [0.1, 0.15) is 5.69 Å². The highest BCUT2D eigenvalue weighted by atomic mass is 35.5. The van der Waals surface area contributed by atoms with Crippen LogP contribution in [0.2, 0.25) is 0 Å². The van der Waals surface area contributed by atoms with E-state index >= 15 is 0 Å². The molecule has 2 aromatic heterocycles. The molecule has 7 nitrogen and oxygen atoms in total. The highest BCUT2D eigenvalue weighted by molar-refractivity contribution is 6.10. The van der Waals surface area contributed by atoms with E-state index in [0.717, 1.165) is 81.7 Å². The molecule has 0 atom stereocenters. The van der Waals surface area contributed by atoms with Crippen LogP contribution in [-0.4, -0.2) is 54.1 Å². The van der Waals surface area contributed by atoms with Crippen LogP contribution in [0.15, 0.2) is 85.2 Å². The van der Waals surface area contributed by atoms with Crippen molar-refractivity contribution in [3.63, 3.8) is 0 Å². The molecule has 3 aromatic carbocycles. The number of piperazine rings is 1. The average molecular weight is 539 g/mol. The molecule has 3 heterocycles. The lowest BCUT2D eigenvalue weighted by molar-refractivity contribution is 0.262. The zero-order valence-electron chi connectivity index (χ0n) is 22.0. The van der Waals surface area contributed by atoms with E-state index in [1.807, 2.05) is 61.7 Å². The standard InChI is InChI=1S/C31H30N6O.ClH/c1-21-23(9-5-14-32-21)24-6-3-8-26-25(24)7-4-10-29(26)35-31(38)34-22-11-12-28-27(20-22)30(13-15-33-28)37-18-16-36(2)17-19-37;/h3-15,20H,16-19H2,1-2H3,(H2,34,35,38);1H. The van der Waals surface area contributed by atoms with E-state index in [4.69, 9.17) is 0 Å². The second-order valence-corrected chi connectivity index (χ2v) is 9.77. The lowest BCUT2D eigenvalue weighted by atomic mass is 9.96. The van der Waals surface area contributed by atoms with Crippen LogP contribution in [0.4, 0.5) is 21.9 Å². The summed E-state index contributed by atoms with van der Waals surface area (Å²) in [7, 11) is 2.15. The van der Waals surface area contributed by atoms with Gasteiger partial charge < -0.3 is 20.4 Å². The number of fused-ring (bicyclic) bond motifs is 2. The smallest absolute Gasteiger partial charge is 0.323 e. The summed E-state index contributed by atoms with van der Waals surface area (Å²) in [5.74, 6) is 0. The van der Waals surface area contributed by atoms with E-state index < -0.39 is 0 Å². The molecule has 2 N–H and O–H groups in total. The predicted octanol–water partition coefficient (Wildman–Crippen LogP) is 6.58. The Morgan fingerprint density at radius 2 is 1.54 bits per heavy atom. The van der Waals surface area contributed by atoms with Gasteiger partial charge in [-0.25, -0.2) is 4.79 Å². The van der Waals surface area contributed by atoms with Crippen molar-refractivity contribution >= 4 is 57.2 Å². The van der Waals surface area contributed by atoms with Gasteiger partial charge in [0.15, 0.2) is 0 Å². The van der Waals surface area contributed by atoms with Crippen molar-refractivity contribution in [2.75, 3.05) is 48.8 Å². The fourth-order valence-electron chi connectivity index (χ4n) is 5.24. The minimum atomic E-state index is -0.287. The van der Waals surface area contributed by atoms with Crippen LogP contribution in [0.25, 0.3) is 32.8 Å². The Labute approximate surface area is 234 Å². The molecule has 39 heavy (non-hydrogen) atoms. The summed E-state index contributed by atoms with van der Waals surface area (Å²) >= 11 is 0. The molecule has 6 rings (SSSR count). The molecule has 198 valence electrons. The number of aromatic nitrogens is 2. The van der Waals surface area contributed by atoms with Gasteiger partial charge in [0.25, 0.3) is 0 Å². The minimum absolute atomic E-state index is 0. The Hall–Kier alpha value is -4.20. The number of benzene rings is 3. The first-order valence-corrected chi connectivity index (χ1v) is 12.9. The zero-order chi connectivity index (χ0) is 26.1. The third-order valence-corrected chi connectivity index (χ3v) is 7.29. The van der Waals surface area contributed by atoms with Gasteiger partial charge in [0, 0.05) is 72.0 Å². The molecule has 2 amide bonds. The van der Waals surface area contributed by atoms with Crippen molar-refractivity contribution < 1.29 is 4.79 Å². The van der Waals surface area contributed by atoms with Crippen LogP contribution < -0.4 is 15.5 Å². The Kier molecular flexibility index (Phi) is 7.63. The first-order valence-electron chi connectivity index (χ1n) is 12.9. The molecule has 1 aliphatic heterocycles. The number of urea groups is 1. The second kappa shape index (κ2) is 11.3. The average Bonchev–Trinajstić information content (AvgIpc) is 2.93. The zero-order valence-corrected chi connectivity index (χ0v) is 22.8. The van der Waals surface area contributed by atoms with Crippen LogP contribution in [0.5, 0.6) is 0 Å². The highest BCUT2D eigenvalue weighted by Gasteiger charge is 2.17. The largest absolute Gasteiger partial charge is 0.368 e. The molecule has 1 aliphatic rings. The maximum absolute atomic E-state index is 13.1. The van der Waals surface area contributed by atoms with E-state index in [1.165, 1.54) is 0 Å². The van der Waals surface area contributed by atoms with Crippen LogP contribution in [-0.2, 0) is 0 Å². The number of hydrogen-bond donors (Lipinski definition) is 2. The van der Waals surface area contributed by atoms with Crippen molar-refractivity contribution in [1.29, 1.82) is 0 Å². The lowest BCUT2D eigenvalue weighted by Crippen LogP contribution is -2.44. The second-order valence-electron chi connectivity index (χ2n) is 9.77. The summed E-state index contributed by atoms with van der Waals surface area (Å²) in [5, 5.41) is 9.16. The van der Waals surface area contributed by atoms with Crippen molar-refractivity contribution in [1.82, 2.24) is 14.9 Å². The number of nitrogens with one attached hydrogen (secondary N) is 2. The van der Waals surface area contributed by atoms with E-state index in [2.05, 4.69) is 61.7 Å². The summed E-state index contributed by atoms with van der Waals surface area (Å²) in [6, 6.07) is 23.8. The fraction of sp³-hybridized carbons (Fsp3) is 0.194. The molecule has 1 fully saturated rings. The van der Waals surface area contributed by atoms with Gasteiger partial charge in [0.05, 0.1) is 11.2 Å². The van der Waals surface area contributed by atoms with E-state index in [-0.39, 0.29) is 18.4 Å². The van der Waals surface area contributed by atoms with Gasteiger partial charge in [-0.1, -0.05) is 36.4 Å². The number of carbonyl (C=O) groups excluding carboxylic acids is 1. The number of halogens is 1. The summed E-state index contributed by atoms with van der Waals surface area (Å²) in [6.45, 7) is 6.00. The maximum atomic E-state index is 13.1. The number of likely N-dealkylation sites (N-methyl/N-ethyl adjacent to an activating group) is 1. The number of amides is 2. The number of aryl methyl sites for hydroxylation is 1. The predicted molar refractivity (Wildman–Crippen MR) is 163 cm³/mol. The molecule has 5 aromatic rings. The van der Waals surface area contributed by atoms with Gasteiger partial charge in [0.2, 0.25) is 0 Å². The quantitative estimate of drug-likeness (QED) is 0.270. The third kappa shape index (κ3) is 5.37. The van der Waals surface area contributed by atoms with Gasteiger partial charge in [-0.3, -0.25) is 9.97 Å². The Balaban J connectivity index is 0.00000308. The summed E-state index contributed by atoms with van der Waals surface area (Å²) in [6.07, 6.45) is 3.66. The number of rotatable bonds is 4. The van der Waals surface area contributed by atoms with Gasteiger partial charge in [-0.2, -0.15) is 0 Å². The molecule has 0 unspecified atom stereocenters. The first kappa shape index (κ1) is 26.4. The minimum Gasteiger partial charge on any atom is -0.368 e. The number of hydrogen-bond acceptors (Lipinski definition) is 5. The summed E-state index contributed by atoms with van der Waals surface area (Å²) < 4.78 is 0. The molecule has 0 saturated carbocycles. The van der Waals surface area contributed by atoms with Gasteiger partial charge in [-0.05, 0) is 61.3 Å². The van der Waals surface area contributed by atoms with Crippen LogP contribution >= 0.6 is 12.4 Å². The van der Waals surface area contributed by atoms with E-state index in [0.29, 0.717) is 0 Å². The normalized spacial score (nSPS) is 13.7. The van der Waals surface area contributed by atoms with Gasteiger partial charge in [0.1, 0.15) is 0 Å². The fourth-order valence-corrected chi connectivity index (χ4v) is 5.24. The van der Waals surface area contributed by atoms with Crippen molar-refractivity contribution in [3.05, 3.63) is 90.9 Å². The summed E-state index contributed by atoms with van der Waals surface area (Å²) in [4.78, 5) is 26.9. The first-order chi connectivity index (χ1) is 18.6. The molecule has 1 saturated heterocycles. The molecule has 0 aliphatic carbocycles. The summed E-state index contributed by atoms with van der Waals surface area (Å²) in [5.41, 5.74) is 6.70. The van der Waals surface area contributed by atoms with E-state index in [9.17, 15) is 4.79 Å². The topological polar surface area (TPSA) is 73.4 Å². The molecular formula is C31H31ClN6O. The molecule has 0 bridgehead atoms. The number of anilines is 3. The Morgan fingerprint density at radius 3 is 2.36 bits per heavy atom. The third-order valence-electron chi connectivity index (χ3n) is 7.29. The molecule has 0 spiro atoms. The monoisotopic (exact) mass is 538 g/mol. The maximum Gasteiger partial charge on any atom is 0.323 e. The highest BCUT2D eigenvalue weighted by Crippen LogP contribution is 2.34. The molecule has 0 radical (unpaired) electrons. The number of carbonyl (C=O) groups is 1. The van der Waals surface area contributed by atoms with Crippen LogP contribution in [0, 0.1) is 6.92 Å².